The first-order valence-corrected chi connectivity index (χ1v) is 8.81. The normalized spacial score (nSPS) is 19.7. The van der Waals surface area contributed by atoms with Crippen LogP contribution in [0.15, 0.2) is 12.1 Å². The van der Waals surface area contributed by atoms with Gasteiger partial charge in [-0.3, -0.25) is 4.79 Å². The van der Waals surface area contributed by atoms with E-state index in [-0.39, 0.29) is 5.91 Å². The Morgan fingerprint density at radius 1 is 1.58 bits per heavy atom. The van der Waals surface area contributed by atoms with Crippen molar-refractivity contribution in [3.05, 3.63) is 21.9 Å². The first kappa shape index (κ1) is 14.9. The summed E-state index contributed by atoms with van der Waals surface area (Å²) in [4.78, 5) is 16.4. The van der Waals surface area contributed by atoms with Crippen LogP contribution in [0.5, 0.6) is 0 Å². The summed E-state index contributed by atoms with van der Waals surface area (Å²) in [6, 6.07) is 3.92. The lowest BCUT2D eigenvalue weighted by Crippen LogP contribution is -2.40. The molecule has 2 heterocycles. The number of rotatable bonds is 5. The summed E-state index contributed by atoms with van der Waals surface area (Å²) >= 11 is 3.43. The van der Waals surface area contributed by atoms with E-state index < -0.39 is 0 Å². The van der Waals surface area contributed by atoms with Crippen LogP contribution >= 0.6 is 23.1 Å². The summed E-state index contributed by atoms with van der Waals surface area (Å²) in [5.41, 5.74) is 0. The van der Waals surface area contributed by atoms with E-state index >= 15 is 0 Å². The molecule has 0 radical (unpaired) electrons. The number of thiophene rings is 1. The van der Waals surface area contributed by atoms with Crippen molar-refractivity contribution in [3.63, 3.8) is 0 Å². The first-order valence-electron chi connectivity index (χ1n) is 6.60. The molecule has 1 aromatic rings. The number of ether oxygens (including phenoxy) is 1. The van der Waals surface area contributed by atoms with Crippen LogP contribution in [-0.2, 0) is 11.3 Å². The van der Waals surface area contributed by atoms with Crippen molar-refractivity contribution >= 4 is 29.0 Å². The number of amides is 1. The fourth-order valence-corrected chi connectivity index (χ4v) is 4.18. The number of hydrogen-bond donors (Lipinski definition) is 0. The Morgan fingerprint density at radius 3 is 3.16 bits per heavy atom. The molecule has 1 aliphatic heterocycles. The van der Waals surface area contributed by atoms with E-state index in [1.54, 1.807) is 18.4 Å². The third-order valence-corrected chi connectivity index (χ3v) is 5.22. The molecule has 0 aliphatic carbocycles. The maximum Gasteiger partial charge on any atom is 0.263 e. The van der Waals surface area contributed by atoms with Crippen molar-refractivity contribution in [2.24, 2.45) is 5.92 Å². The first-order chi connectivity index (χ1) is 9.24. The summed E-state index contributed by atoms with van der Waals surface area (Å²) < 4.78 is 5.10. The van der Waals surface area contributed by atoms with Gasteiger partial charge >= 0.3 is 0 Å². The maximum atomic E-state index is 12.5. The molecule has 0 aromatic carbocycles. The van der Waals surface area contributed by atoms with Gasteiger partial charge in [-0.1, -0.05) is 0 Å². The predicted molar refractivity (Wildman–Crippen MR) is 82.0 cm³/mol. The number of carbonyl (C=O) groups excluding carboxylic acids is 1. The van der Waals surface area contributed by atoms with Gasteiger partial charge in [0.25, 0.3) is 5.91 Å². The van der Waals surface area contributed by atoms with Gasteiger partial charge in [0.2, 0.25) is 0 Å². The zero-order chi connectivity index (χ0) is 13.7. The summed E-state index contributed by atoms with van der Waals surface area (Å²) in [5.74, 6) is 2.01. The molecule has 3 nitrogen and oxygen atoms in total. The van der Waals surface area contributed by atoms with Crippen molar-refractivity contribution in [2.45, 2.75) is 19.4 Å². The highest BCUT2D eigenvalue weighted by molar-refractivity contribution is 7.98. The average molecular weight is 299 g/mol. The fourth-order valence-electron chi connectivity index (χ4n) is 2.49. The van der Waals surface area contributed by atoms with Crippen molar-refractivity contribution in [2.75, 3.05) is 32.2 Å². The number of hydrogen-bond acceptors (Lipinski definition) is 4. The molecule has 1 aliphatic rings. The molecule has 2 rings (SSSR count). The Hall–Kier alpha value is -0.520. The number of nitrogens with zero attached hydrogens (tertiary/aromatic N) is 1. The van der Waals surface area contributed by atoms with Gasteiger partial charge in [0.05, 0.1) is 11.5 Å². The molecule has 0 saturated carbocycles. The summed E-state index contributed by atoms with van der Waals surface area (Å²) in [6.07, 6.45) is 4.52. The van der Waals surface area contributed by atoms with Crippen molar-refractivity contribution in [1.82, 2.24) is 4.90 Å². The number of thioether (sulfide) groups is 1. The molecular formula is C14H21NO2S2. The van der Waals surface area contributed by atoms with E-state index in [0.717, 1.165) is 35.0 Å². The van der Waals surface area contributed by atoms with E-state index in [9.17, 15) is 4.79 Å². The second-order valence-corrected chi connectivity index (χ2v) is 6.99. The summed E-state index contributed by atoms with van der Waals surface area (Å²) in [7, 11) is 1.68. The lowest BCUT2D eigenvalue weighted by molar-refractivity contribution is 0.0690. The molecule has 0 spiro atoms. The second kappa shape index (κ2) is 7.31. The molecule has 1 unspecified atom stereocenters. The average Bonchev–Trinajstić information content (AvgIpc) is 2.88. The van der Waals surface area contributed by atoms with Crippen molar-refractivity contribution in [3.8, 4) is 0 Å². The molecule has 1 atom stereocenters. The predicted octanol–water partition coefficient (Wildman–Crippen LogP) is 3.11. The Bertz CT molecular complexity index is 417. The number of piperidine rings is 1. The zero-order valence-electron chi connectivity index (χ0n) is 11.6. The minimum absolute atomic E-state index is 0.193. The topological polar surface area (TPSA) is 29.5 Å². The second-order valence-electron chi connectivity index (χ2n) is 4.91. The highest BCUT2D eigenvalue weighted by atomic mass is 32.2. The van der Waals surface area contributed by atoms with Crippen molar-refractivity contribution in [1.29, 1.82) is 0 Å². The third-order valence-electron chi connectivity index (χ3n) is 3.37. The monoisotopic (exact) mass is 299 g/mol. The van der Waals surface area contributed by atoms with Gasteiger partial charge in [-0.15, -0.1) is 11.3 Å². The lowest BCUT2D eigenvalue weighted by Gasteiger charge is -2.32. The molecule has 1 saturated heterocycles. The molecule has 1 aromatic heterocycles. The van der Waals surface area contributed by atoms with Crippen LogP contribution in [0, 0.1) is 5.92 Å². The molecular weight excluding hydrogens is 278 g/mol. The van der Waals surface area contributed by atoms with E-state index in [2.05, 4.69) is 6.26 Å². The van der Waals surface area contributed by atoms with Gasteiger partial charge in [0.15, 0.2) is 0 Å². The number of carbonyl (C=O) groups is 1. The quantitative estimate of drug-likeness (QED) is 0.836. The van der Waals surface area contributed by atoms with Crippen LogP contribution in [0.3, 0.4) is 0 Å². The van der Waals surface area contributed by atoms with Crippen LogP contribution < -0.4 is 0 Å². The largest absolute Gasteiger partial charge is 0.379 e. The Balaban J connectivity index is 1.97. The standard InChI is InChI=1S/C14H21NO2S2/c1-17-9-12-5-6-13(19-12)14(16)15-7-3-4-11(8-15)10-18-2/h5-6,11H,3-4,7-10H2,1-2H3. The highest BCUT2D eigenvalue weighted by Crippen LogP contribution is 2.24. The van der Waals surface area contributed by atoms with E-state index in [1.807, 2.05) is 28.8 Å². The number of likely N-dealkylation sites (tertiary alicyclic amines) is 1. The van der Waals surface area contributed by atoms with Gasteiger partial charge in [-0.25, -0.2) is 0 Å². The molecule has 19 heavy (non-hydrogen) atoms. The molecule has 0 bridgehead atoms. The van der Waals surface area contributed by atoms with Gasteiger partial charge < -0.3 is 9.64 Å². The minimum Gasteiger partial charge on any atom is -0.379 e. The van der Waals surface area contributed by atoms with E-state index in [4.69, 9.17) is 4.74 Å². The molecule has 0 N–H and O–H groups in total. The van der Waals surface area contributed by atoms with E-state index in [0.29, 0.717) is 12.5 Å². The molecule has 1 amide bonds. The fraction of sp³-hybridized carbons (Fsp3) is 0.643. The van der Waals surface area contributed by atoms with Crippen LogP contribution in [0.1, 0.15) is 27.4 Å². The van der Waals surface area contributed by atoms with Crippen LogP contribution in [0.2, 0.25) is 0 Å². The van der Waals surface area contributed by atoms with Crippen LogP contribution in [-0.4, -0.2) is 43.0 Å². The number of methoxy groups -OCH3 is 1. The maximum absolute atomic E-state index is 12.5. The van der Waals surface area contributed by atoms with Gasteiger partial charge in [-0.2, -0.15) is 11.8 Å². The molecule has 1 fully saturated rings. The Morgan fingerprint density at radius 2 is 2.42 bits per heavy atom. The Kier molecular flexibility index (Phi) is 5.73. The van der Waals surface area contributed by atoms with Gasteiger partial charge in [0, 0.05) is 25.1 Å². The van der Waals surface area contributed by atoms with Gasteiger partial charge in [-0.05, 0) is 42.9 Å². The van der Waals surface area contributed by atoms with Crippen LogP contribution in [0.25, 0.3) is 0 Å². The lowest BCUT2D eigenvalue weighted by atomic mass is 10.00. The third kappa shape index (κ3) is 3.97. The molecule has 5 heteroatoms. The zero-order valence-corrected chi connectivity index (χ0v) is 13.2. The SMILES string of the molecule is COCc1ccc(C(=O)N2CCCC(CSC)C2)s1. The Labute approximate surface area is 123 Å². The van der Waals surface area contributed by atoms with Gasteiger partial charge in [0.1, 0.15) is 0 Å². The van der Waals surface area contributed by atoms with E-state index in [1.165, 1.54) is 6.42 Å². The summed E-state index contributed by atoms with van der Waals surface area (Å²) in [5, 5.41) is 0. The van der Waals surface area contributed by atoms with Crippen LogP contribution in [0.4, 0.5) is 0 Å². The minimum atomic E-state index is 0.193. The molecule has 106 valence electrons. The van der Waals surface area contributed by atoms with Crippen molar-refractivity contribution < 1.29 is 9.53 Å². The smallest absolute Gasteiger partial charge is 0.263 e. The highest BCUT2D eigenvalue weighted by Gasteiger charge is 2.24. The summed E-state index contributed by atoms with van der Waals surface area (Å²) in [6.45, 7) is 2.41.